The van der Waals surface area contributed by atoms with Gasteiger partial charge < -0.3 is 10.6 Å². The lowest BCUT2D eigenvalue weighted by Gasteiger charge is -2.26. The zero-order valence-electron chi connectivity index (χ0n) is 13.0. The third-order valence-corrected chi connectivity index (χ3v) is 5.31. The zero-order valence-corrected chi connectivity index (χ0v) is 13.8. The van der Waals surface area contributed by atoms with E-state index in [-0.39, 0.29) is 5.91 Å². The van der Waals surface area contributed by atoms with Gasteiger partial charge in [0.05, 0.1) is 10.6 Å². The van der Waals surface area contributed by atoms with Gasteiger partial charge in [-0.2, -0.15) is 0 Å². The van der Waals surface area contributed by atoms with Crippen LogP contribution in [0.2, 0.25) is 0 Å². The number of hydrogen-bond acceptors (Lipinski definition) is 3. The van der Waals surface area contributed by atoms with E-state index in [9.17, 15) is 13.4 Å². The predicted octanol–water partition coefficient (Wildman–Crippen LogP) is 2.01. The van der Waals surface area contributed by atoms with Crippen LogP contribution in [-0.4, -0.2) is 40.6 Å². The summed E-state index contributed by atoms with van der Waals surface area (Å²) in [6.07, 6.45) is 0. The average Bonchev–Trinajstić information content (AvgIpc) is 2.63. The van der Waals surface area contributed by atoms with Gasteiger partial charge in [-0.3, -0.25) is 4.79 Å². The van der Waals surface area contributed by atoms with Crippen LogP contribution in [0.15, 0.2) is 53.4 Å². The van der Waals surface area contributed by atoms with Crippen molar-refractivity contribution in [3.8, 4) is 0 Å². The molecule has 0 spiro atoms. The molecular formula is C17H18FN3O2S. The molecule has 1 atom stereocenters. The number of para-hydroxylation sites is 1. The van der Waals surface area contributed by atoms with Gasteiger partial charge in [0.25, 0.3) is 5.91 Å². The molecule has 0 aliphatic carbocycles. The van der Waals surface area contributed by atoms with Crippen molar-refractivity contribution in [3.63, 3.8) is 0 Å². The number of rotatable bonds is 4. The third-order valence-electron chi connectivity index (χ3n) is 3.74. The number of benzene rings is 2. The summed E-state index contributed by atoms with van der Waals surface area (Å²) in [4.78, 5) is 12.9. The highest BCUT2D eigenvalue weighted by Crippen LogP contribution is 2.22. The minimum absolute atomic E-state index is 0.346. The average molecular weight is 347 g/mol. The summed E-state index contributed by atoms with van der Waals surface area (Å²) < 4.78 is 27.6. The smallest absolute Gasteiger partial charge is 0.255 e. The van der Waals surface area contributed by atoms with Gasteiger partial charge in [-0.05, 0) is 36.4 Å². The normalized spacial score (nSPS) is 16.5. The van der Waals surface area contributed by atoms with E-state index in [4.69, 9.17) is 0 Å². The SMILES string of the molecule is O=C(Nc1ccccc1S(=O)N1CCNCC1)c1ccc(F)cc1. The minimum Gasteiger partial charge on any atom is -0.321 e. The maximum absolute atomic E-state index is 13.0. The number of carbonyl (C=O) groups is 1. The fraction of sp³-hybridized carbons (Fsp3) is 0.235. The summed E-state index contributed by atoms with van der Waals surface area (Å²) in [5.41, 5.74) is 0.850. The molecule has 1 amide bonds. The summed E-state index contributed by atoms with van der Waals surface area (Å²) in [5.74, 6) is -0.758. The number of hydrogen-bond donors (Lipinski definition) is 2. The van der Waals surface area contributed by atoms with Crippen molar-refractivity contribution in [1.29, 1.82) is 0 Å². The van der Waals surface area contributed by atoms with Gasteiger partial charge in [-0.1, -0.05) is 12.1 Å². The van der Waals surface area contributed by atoms with Crippen molar-refractivity contribution < 1.29 is 13.4 Å². The molecule has 1 fully saturated rings. The molecule has 2 N–H and O–H groups in total. The monoisotopic (exact) mass is 347 g/mol. The van der Waals surface area contributed by atoms with Crippen LogP contribution >= 0.6 is 0 Å². The molecule has 7 heteroatoms. The fourth-order valence-corrected chi connectivity index (χ4v) is 3.76. The van der Waals surface area contributed by atoms with Gasteiger partial charge in [0.1, 0.15) is 16.8 Å². The lowest BCUT2D eigenvalue weighted by molar-refractivity contribution is 0.102. The fourth-order valence-electron chi connectivity index (χ4n) is 2.47. The first-order chi connectivity index (χ1) is 11.6. The number of anilines is 1. The molecule has 1 heterocycles. The molecule has 1 saturated heterocycles. The molecule has 0 saturated carbocycles. The molecule has 1 aliphatic heterocycles. The molecule has 1 aliphatic rings. The predicted molar refractivity (Wildman–Crippen MR) is 91.6 cm³/mol. The van der Waals surface area contributed by atoms with Crippen LogP contribution in [0.5, 0.6) is 0 Å². The van der Waals surface area contributed by atoms with E-state index in [1.807, 2.05) is 4.31 Å². The lowest BCUT2D eigenvalue weighted by Crippen LogP contribution is -2.44. The number of nitrogens with zero attached hydrogens (tertiary/aromatic N) is 1. The van der Waals surface area contributed by atoms with E-state index < -0.39 is 16.8 Å². The Kier molecular flexibility index (Phi) is 5.34. The summed E-state index contributed by atoms with van der Waals surface area (Å²) in [6, 6.07) is 12.3. The van der Waals surface area contributed by atoms with E-state index >= 15 is 0 Å². The molecular weight excluding hydrogens is 329 g/mol. The Balaban J connectivity index is 1.79. The minimum atomic E-state index is -1.34. The molecule has 1 unspecified atom stereocenters. The van der Waals surface area contributed by atoms with Crippen LogP contribution in [0, 0.1) is 5.82 Å². The first-order valence-electron chi connectivity index (χ1n) is 7.68. The van der Waals surface area contributed by atoms with Gasteiger partial charge in [-0.15, -0.1) is 0 Å². The quantitative estimate of drug-likeness (QED) is 0.889. The lowest BCUT2D eigenvalue weighted by atomic mass is 10.2. The van der Waals surface area contributed by atoms with Crippen molar-refractivity contribution in [3.05, 3.63) is 59.9 Å². The number of nitrogens with one attached hydrogen (secondary N) is 2. The molecule has 0 radical (unpaired) electrons. The molecule has 0 bridgehead atoms. The Hall–Kier alpha value is -2.09. The summed E-state index contributed by atoms with van der Waals surface area (Å²) in [7, 11) is -1.34. The second-order valence-corrected chi connectivity index (χ2v) is 6.84. The van der Waals surface area contributed by atoms with Gasteiger partial charge in [0.15, 0.2) is 0 Å². The van der Waals surface area contributed by atoms with E-state index in [0.29, 0.717) is 29.2 Å². The van der Waals surface area contributed by atoms with Crippen LogP contribution in [0.4, 0.5) is 10.1 Å². The Morgan fingerprint density at radius 3 is 2.46 bits per heavy atom. The van der Waals surface area contributed by atoms with Crippen molar-refractivity contribution in [2.24, 2.45) is 0 Å². The van der Waals surface area contributed by atoms with Crippen molar-refractivity contribution in [2.45, 2.75) is 4.90 Å². The van der Waals surface area contributed by atoms with Crippen LogP contribution in [0.3, 0.4) is 0 Å². The standard InChI is InChI=1S/C17H18FN3O2S/c18-14-7-5-13(6-8-14)17(22)20-15-3-1-2-4-16(15)24(23)21-11-9-19-10-12-21/h1-8,19H,9-12H2,(H,20,22). The first kappa shape index (κ1) is 16.8. The van der Waals surface area contributed by atoms with E-state index in [1.54, 1.807) is 24.3 Å². The Morgan fingerprint density at radius 2 is 1.75 bits per heavy atom. The van der Waals surface area contributed by atoms with Crippen LogP contribution in [0.1, 0.15) is 10.4 Å². The second kappa shape index (κ2) is 7.65. The van der Waals surface area contributed by atoms with E-state index in [2.05, 4.69) is 10.6 Å². The maximum atomic E-state index is 13.0. The highest BCUT2D eigenvalue weighted by molar-refractivity contribution is 7.82. The number of piperazine rings is 1. The largest absolute Gasteiger partial charge is 0.321 e. The number of amides is 1. The topological polar surface area (TPSA) is 61.4 Å². The summed E-state index contributed by atoms with van der Waals surface area (Å²) in [5, 5.41) is 5.99. The van der Waals surface area contributed by atoms with E-state index in [1.165, 1.54) is 24.3 Å². The summed E-state index contributed by atoms with van der Waals surface area (Å²) >= 11 is 0. The van der Waals surface area contributed by atoms with Crippen molar-refractivity contribution in [1.82, 2.24) is 9.62 Å². The molecule has 3 rings (SSSR count). The maximum Gasteiger partial charge on any atom is 0.255 e. The zero-order chi connectivity index (χ0) is 16.9. The highest BCUT2D eigenvalue weighted by atomic mass is 32.2. The Bertz CT molecular complexity index is 746. The molecule has 126 valence electrons. The number of halogens is 1. The van der Waals surface area contributed by atoms with Gasteiger partial charge in [0.2, 0.25) is 0 Å². The van der Waals surface area contributed by atoms with Crippen molar-refractivity contribution >= 4 is 22.6 Å². The van der Waals surface area contributed by atoms with Crippen LogP contribution in [0.25, 0.3) is 0 Å². The summed E-state index contributed by atoms with van der Waals surface area (Å²) in [6.45, 7) is 2.95. The van der Waals surface area contributed by atoms with Crippen LogP contribution in [-0.2, 0) is 11.0 Å². The molecule has 2 aromatic rings. The Morgan fingerprint density at radius 1 is 1.08 bits per heavy atom. The van der Waals surface area contributed by atoms with Crippen molar-refractivity contribution in [2.75, 3.05) is 31.5 Å². The molecule has 2 aromatic carbocycles. The van der Waals surface area contributed by atoms with Gasteiger partial charge in [0, 0.05) is 31.7 Å². The number of carbonyl (C=O) groups excluding carboxylic acids is 1. The second-order valence-electron chi connectivity index (χ2n) is 5.39. The van der Waals surface area contributed by atoms with E-state index in [0.717, 1.165) is 13.1 Å². The highest BCUT2D eigenvalue weighted by Gasteiger charge is 2.20. The third kappa shape index (κ3) is 3.87. The first-order valence-corrected chi connectivity index (χ1v) is 8.79. The van der Waals surface area contributed by atoms with Gasteiger partial charge in [-0.25, -0.2) is 12.9 Å². The molecule has 24 heavy (non-hydrogen) atoms. The van der Waals surface area contributed by atoms with Gasteiger partial charge >= 0.3 is 0 Å². The van der Waals surface area contributed by atoms with Crippen LogP contribution < -0.4 is 10.6 Å². The molecule has 5 nitrogen and oxygen atoms in total. The Labute approximate surface area is 142 Å². The molecule has 0 aromatic heterocycles.